The molecule has 1 rings (SSSR count). The van der Waals surface area contributed by atoms with Crippen molar-refractivity contribution in [3.8, 4) is 0 Å². The van der Waals surface area contributed by atoms with Gasteiger partial charge in [0.2, 0.25) is 0 Å². The van der Waals surface area contributed by atoms with Crippen LogP contribution in [0.3, 0.4) is 0 Å². The first-order valence-electron chi connectivity index (χ1n) is 6.53. The molecule has 1 saturated heterocycles. The van der Waals surface area contributed by atoms with E-state index in [-0.39, 0.29) is 6.61 Å². The van der Waals surface area contributed by atoms with Crippen LogP contribution in [0.2, 0.25) is 0 Å². The Morgan fingerprint density at radius 1 is 1.00 bits per heavy atom. The quantitative estimate of drug-likeness (QED) is 0.550. The standard InChI is InChI=1S/C13H20O8/c1-6-11(17)13(21-9(4)16)12(20-8(3)15)10(19-6)5-18-7(2)14/h6,10-13,17H,5H2,1-4H3. The second-order valence-electron chi connectivity index (χ2n) is 4.82. The Hall–Kier alpha value is -1.67. The van der Waals surface area contributed by atoms with E-state index in [1.807, 2.05) is 0 Å². The van der Waals surface area contributed by atoms with E-state index in [0.29, 0.717) is 0 Å². The van der Waals surface area contributed by atoms with Crippen molar-refractivity contribution in [1.29, 1.82) is 0 Å². The fourth-order valence-electron chi connectivity index (χ4n) is 2.10. The summed E-state index contributed by atoms with van der Waals surface area (Å²) in [5.74, 6) is -1.78. The highest BCUT2D eigenvalue weighted by Crippen LogP contribution is 2.26. The molecule has 21 heavy (non-hydrogen) atoms. The third-order valence-electron chi connectivity index (χ3n) is 2.95. The molecule has 0 aromatic heterocycles. The van der Waals surface area contributed by atoms with Crippen molar-refractivity contribution in [3.05, 3.63) is 0 Å². The first-order valence-corrected chi connectivity index (χ1v) is 6.53. The van der Waals surface area contributed by atoms with E-state index in [1.165, 1.54) is 20.8 Å². The molecule has 0 spiro atoms. The number of ether oxygens (including phenoxy) is 4. The van der Waals surface area contributed by atoms with E-state index in [4.69, 9.17) is 18.9 Å². The fourth-order valence-corrected chi connectivity index (χ4v) is 2.10. The molecule has 0 aromatic carbocycles. The van der Waals surface area contributed by atoms with Crippen molar-refractivity contribution in [3.63, 3.8) is 0 Å². The van der Waals surface area contributed by atoms with Gasteiger partial charge in [0, 0.05) is 20.8 Å². The van der Waals surface area contributed by atoms with Crippen LogP contribution in [0.15, 0.2) is 0 Å². The third-order valence-corrected chi connectivity index (χ3v) is 2.95. The van der Waals surface area contributed by atoms with Gasteiger partial charge in [0.05, 0.1) is 6.10 Å². The van der Waals surface area contributed by atoms with E-state index in [1.54, 1.807) is 6.92 Å². The van der Waals surface area contributed by atoms with Crippen molar-refractivity contribution >= 4 is 17.9 Å². The van der Waals surface area contributed by atoms with Crippen LogP contribution in [0.25, 0.3) is 0 Å². The highest BCUT2D eigenvalue weighted by Gasteiger charge is 2.48. The SMILES string of the molecule is CC(=O)OCC1OC(C)C(O)C(OC(C)=O)C1OC(C)=O. The number of carbonyl (C=O) groups excluding carboxylic acids is 3. The summed E-state index contributed by atoms with van der Waals surface area (Å²) in [6.07, 6.45) is -4.82. The second-order valence-corrected chi connectivity index (χ2v) is 4.82. The zero-order valence-corrected chi connectivity index (χ0v) is 12.4. The lowest BCUT2D eigenvalue weighted by Gasteiger charge is -2.42. The minimum Gasteiger partial charge on any atom is -0.463 e. The first-order chi connectivity index (χ1) is 9.72. The zero-order chi connectivity index (χ0) is 16.2. The molecular weight excluding hydrogens is 284 g/mol. The van der Waals surface area contributed by atoms with Crippen LogP contribution < -0.4 is 0 Å². The predicted octanol–water partition coefficient (Wildman–Crippen LogP) is -0.439. The Morgan fingerprint density at radius 2 is 1.52 bits per heavy atom. The second kappa shape index (κ2) is 7.37. The van der Waals surface area contributed by atoms with Gasteiger partial charge in [-0.05, 0) is 6.92 Å². The van der Waals surface area contributed by atoms with Gasteiger partial charge in [-0.25, -0.2) is 0 Å². The van der Waals surface area contributed by atoms with Gasteiger partial charge in [-0.1, -0.05) is 0 Å². The number of aliphatic hydroxyl groups is 1. The predicted molar refractivity (Wildman–Crippen MR) is 68.1 cm³/mol. The van der Waals surface area contributed by atoms with Gasteiger partial charge in [-0.15, -0.1) is 0 Å². The van der Waals surface area contributed by atoms with E-state index >= 15 is 0 Å². The van der Waals surface area contributed by atoms with Gasteiger partial charge in [-0.2, -0.15) is 0 Å². The molecule has 8 heteroatoms. The molecule has 5 unspecified atom stereocenters. The van der Waals surface area contributed by atoms with Crippen molar-refractivity contribution in [2.45, 2.75) is 58.2 Å². The smallest absolute Gasteiger partial charge is 0.303 e. The van der Waals surface area contributed by atoms with Crippen LogP contribution in [0.4, 0.5) is 0 Å². The van der Waals surface area contributed by atoms with Crippen LogP contribution >= 0.6 is 0 Å². The first kappa shape index (κ1) is 17.4. The van der Waals surface area contributed by atoms with Gasteiger partial charge >= 0.3 is 17.9 Å². The van der Waals surface area contributed by atoms with Crippen molar-refractivity contribution in [1.82, 2.24) is 0 Å². The molecule has 0 radical (unpaired) electrons. The Kier molecular flexibility index (Phi) is 6.10. The average Bonchev–Trinajstić information content (AvgIpc) is 2.35. The molecule has 1 fully saturated rings. The third kappa shape index (κ3) is 4.98. The van der Waals surface area contributed by atoms with E-state index in [9.17, 15) is 19.5 Å². The molecule has 1 aliphatic rings. The summed E-state index contributed by atoms with van der Waals surface area (Å²) in [5.41, 5.74) is 0. The van der Waals surface area contributed by atoms with Gasteiger partial charge in [-0.3, -0.25) is 14.4 Å². The summed E-state index contributed by atoms with van der Waals surface area (Å²) in [7, 11) is 0. The number of aliphatic hydroxyl groups excluding tert-OH is 1. The lowest BCUT2D eigenvalue weighted by Crippen LogP contribution is -2.60. The normalized spacial score (nSPS) is 32.1. The van der Waals surface area contributed by atoms with Gasteiger partial charge in [0.25, 0.3) is 0 Å². The summed E-state index contributed by atoms with van der Waals surface area (Å²) in [6, 6.07) is 0. The van der Waals surface area contributed by atoms with Crippen LogP contribution in [0.1, 0.15) is 27.7 Å². The molecule has 0 amide bonds. The minimum atomic E-state index is -1.16. The summed E-state index contributed by atoms with van der Waals surface area (Å²) in [4.78, 5) is 33.3. The molecule has 5 atom stereocenters. The number of hydrogen-bond acceptors (Lipinski definition) is 8. The Bertz CT molecular complexity index is 407. The lowest BCUT2D eigenvalue weighted by molar-refractivity contribution is -0.243. The van der Waals surface area contributed by atoms with Crippen LogP contribution in [-0.2, 0) is 33.3 Å². The fraction of sp³-hybridized carbons (Fsp3) is 0.769. The molecule has 1 N–H and O–H groups in total. The largest absolute Gasteiger partial charge is 0.463 e. The van der Waals surface area contributed by atoms with Crippen LogP contribution in [-0.4, -0.2) is 60.1 Å². The molecular formula is C13H20O8. The molecule has 0 aromatic rings. The summed E-state index contributed by atoms with van der Waals surface area (Å²) in [5, 5.41) is 10.1. The highest BCUT2D eigenvalue weighted by molar-refractivity contribution is 5.67. The number of carbonyl (C=O) groups is 3. The maximum Gasteiger partial charge on any atom is 0.303 e. The molecule has 8 nitrogen and oxygen atoms in total. The van der Waals surface area contributed by atoms with Gasteiger partial charge < -0.3 is 24.1 Å². The molecule has 1 aliphatic heterocycles. The van der Waals surface area contributed by atoms with E-state index < -0.39 is 48.4 Å². The van der Waals surface area contributed by atoms with Crippen LogP contribution in [0, 0.1) is 0 Å². The maximum atomic E-state index is 11.2. The van der Waals surface area contributed by atoms with Crippen LogP contribution in [0.5, 0.6) is 0 Å². The van der Waals surface area contributed by atoms with E-state index in [2.05, 4.69) is 0 Å². The molecule has 120 valence electrons. The molecule has 0 saturated carbocycles. The topological polar surface area (TPSA) is 108 Å². The Labute approximate surface area is 122 Å². The van der Waals surface area contributed by atoms with Crippen molar-refractivity contribution in [2.24, 2.45) is 0 Å². The Balaban J connectivity index is 2.94. The number of esters is 3. The van der Waals surface area contributed by atoms with Gasteiger partial charge in [0.15, 0.2) is 12.2 Å². The highest BCUT2D eigenvalue weighted by atomic mass is 16.6. The number of hydrogen-bond donors (Lipinski definition) is 1. The minimum absolute atomic E-state index is 0.178. The Morgan fingerprint density at radius 3 is 2.00 bits per heavy atom. The average molecular weight is 304 g/mol. The zero-order valence-electron chi connectivity index (χ0n) is 12.4. The number of rotatable bonds is 4. The van der Waals surface area contributed by atoms with Crippen molar-refractivity contribution in [2.75, 3.05) is 6.61 Å². The monoisotopic (exact) mass is 304 g/mol. The van der Waals surface area contributed by atoms with Gasteiger partial charge in [0.1, 0.15) is 18.8 Å². The maximum absolute atomic E-state index is 11.2. The van der Waals surface area contributed by atoms with Crippen molar-refractivity contribution < 1.29 is 38.4 Å². The molecule has 1 heterocycles. The van der Waals surface area contributed by atoms with E-state index in [0.717, 1.165) is 0 Å². The summed E-state index contributed by atoms with van der Waals surface area (Å²) in [6.45, 7) is 4.98. The lowest BCUT2D eigenvalue weighted by atomic mass is 9.95. The molecule has 0 bridgehead atoms. The molecule has 0 aliphatic carbocycles. The summed E-state index contributed by atoms with van der Waals surface area (Å²) >= 11 is 0. The summed E-state index contributed by atoms with van der Waals surface area (Å²) < 4.78 is 20.4.